The van der Waals surface area contributed by atoms with Crippen molar-refractivity contribution in [1.82, 2.24) is 4.57 Å². The van der Waals surface area contributed by atoms with Crippen LogP contribution in [0.15, 0.2) is 125 Å². The lowest BCUT2D eigenvalue weighted by Crippen LogP contribution is -2.49. The van der Waals surface area contributed by atoms with Crippen LogP contribution in [-0.4, -0.2) is 33.0 Å². The van der Waals surface area contributed by atoms with Crippen LogP contribution in [0.2, 0.25) is 0 Å². The molecule has 1 aromatic heterocycles. The summed E-state index contributed by atoms with van der Waals surface area (Å²) < 4.78 is 2.30. The summed E-state index contributed by atoms with van der Waals surface area (Å²) in [5.41, 5.74) is 4.75. The number of aryl methyl sites for hydroxylation is 1. The number of carbonyl (C=O) groups is 2. The predicted octanol–water partition coefficient (Wildman–Crippen LogP) is 9.33. The van der Waals surface area contributed by atoms with E-state index in [0.29, 0.717) is 12.1 Å². The van der Waals surface area contributed by atoms with Crippen molar-refractivity contribution in [1.29, 1.82) is 0 Å². The molecule has 0 radical (unpaired) electrons. The molecule has 1 aliphatic heterocycles. The molecule has 2 heterocycles. The molecule has 7 rings (SSSR count). The molecule has 0 spiro atoms. The fourth-order valence-electron chi connectivity index (χ4n) is 6.24. The van der Waals surface area contributed by atoms with E-state index >= 15 is 0 Å². The van der Waals surface area contributed by atoms with E-state index in [2.05, 4.69) is 76.7 Å². The van der Waals surface area contributed by atoms with Crippen LogP contribution in [-0.2, 0) is 11.3 Å². The van der Waals surface area contributed by atoms with Crippen molar-refractivity contribution in [3.8, 4) is 0 Å². The number of nitrogens with zero attached hydrogens (tertiary/aromatic N) is 2. The third-order valence-electron chi connectivity index (χ3n) is 8.34. The van der Waals surface area contributed by atoms with E-state index in [0.717, 1.165) is 38.6 Å². The first-order chi connectivity index (χ1) is 22.0. The number of hydrogen-bond donors (Lipinski definition) is 2. The lowest BCUT2D eigenvalue weighted by Gasteiger charge is -2.40. The second kappa shape index (κ2) is 12.5. The van der Waals surface area contributed by atoms with Crippen molar-refractivity contribution in [3.05, 3.63) is 115 Å². The molecular weight excluding hydrogens is 597 g/mol. The summed E-state index contributed by atoms with van der Waals surface area (Å²) in [6, 6.07) is 30.1. The molecule has 0 fully saturated rings. The number of anilines is 3. The van der Waals surface area contributed by atoms with E-state index in [1.165, 1.54) is 22.7 Å². The van der Waals surface area contributed by atoms with E-state index in [4.69, 9.17) is 0 Å². The van der Waals surface area contributed by atoms with Crippen LogP contribution in [0.5, 0.6) is 0 Å². The molecule has 2 N–H and O–H groups in total. The molecule has 3 amide bonds. The number of urea groups is 1. The Morgan fingerprint density at radius 2 is 1.60 bits per heavy atom. The van der Waals surface area contributed by atoms with E-state index < -0.39 is 0 Å². The molecule has 3 atom stereocenters. The minimum absolute atomic E-state index is 0.0406. The number of rotatable bonds is 7. The van der Waals surface area contributed by atoms with Crippen LogP contribution < -0.4 is 15.5 Å². The van der Waals surface area contributed by atoms with Crippen molar-refractivity contribution in [3.63, 3.8) is 0 Å². The highest BCUT2D eigenvalue weighted by Gasteiger charge is 2.36. The second-order valence-corrected chi connectivity index (χ2v) is 13.6. The van der Waals surface area contributed by atoms with Crippen LogP contribution in [0.3, 0.4) is 0 Å². The maximum Gasteiger partial charge on any atom is 0.326 e. The Balaban J connectivity index is 1.07. The van der Waals surface area contributed by atoms with Gasteiger partial charge in [0.15, 0.2) is 0 Å². The highest BCUT2D eigenvalue weighted by atomic mass is 32.2. The number of para-hydroxylation sites is 2. The third-order valence-corrected chi connectivity index (χ3v) is 11.0. The Labute approximate surface area is 271 Å². The maximum atomic E-state index is 13.8. The van der Waals surface area contributed by atoms with Gasteiger partial charge >= 0.3 is 6.03 Å². The van der Waals surface area contributed by atoms with Gasteiger partial charge in [-0.2, -0.15) is 0 Å². The first kappa shape index (κ1) is 29.3. The number of nitrogens with one attached hydrogen (secondary N) is 2. The number of amides is 3. The molecule has 8 heteroatoms. The van der Waals surface area contributed by atoms with Gasteiger partial charge in [-0.05, 0) is 67.9 Å². The van der Waals surface area contributed by atoms with E-state index in [-0.39, 0.29) is 28.5 Å². The van der Waals surface area contributed by atoms with Crippen molar-refractivity contribution >= 4 is 74.3 Å². The molecule has 6 nitrogen and oxygen atoms in total. The fraction of sp³-hybridized carbons (Fsp3) is 0.189. The zero-order chi connectivity index (χ0) is 30.9. The Morgan fingerprint density at radius 1 is 0.822 bits per heavy atom. The summed E-state index contributed by atoms with van der Waals surface area (Å²) in [6.45, 7) is 5.05. The number of carbonyl (C=O) groups excluding carboxylic acids is 2. The molecule has 3 unspecified atom stereocenters. The van der Waals surface area contributed by atoms with Gasteiger partial charge < -0.3 is 15.2 Å². The largest absolute Gasteiger partial charge is 0.341 e. The molecule has 0 saturated carbocycles. The predicted molar refractivity (Wildman–Crippen MR) is 190 cm³/mol. The minimum atomic E-state index is -0.297. The SMILES string of the molecule is CCC(Sc1cccc(NC(=O)N2c3ccccc3SC3C=CC=CC32)c1)C(=O)Nc1ccc2c(c1)c1ccccc1n2CC. The highest BCUT2D eigenvalue weighted by Crippen LogP contribution is 2.44. The standard InChI is InChI=1S/C37H34N4O2S2/c1-3-33(36(42)38-25-20-21-30-28(23-25)27-14-5-6-15-29(27)40(30)4-2)44-26-13-11-12-24(22-26)39-37(43)41-31-16-7-9-18-34(31)45-35-19-10-8-17-32(35)41/h5-23,31,33-34H,3-4H2,1-2H3,(H,38,42)(H,39,43). The molecule has 0 saturated heterocycles. The monoisotopic (exact) mass is 630 g/mol. The molecule has 5 aromatic rings. The van der Waals surface area contributed by atoms with Gasteiger partial charge in [-0.3, -0.25) is 9.69 Å². The van der Waals surface area contributed by atoms with Gasteiger partial charge in [0, 0.05) is 49.5 Å². The summed E-state index contributed by atoms with van der Waals surface area (Å²) >= 11 is 3.29. The van der Waals surface area contributed by atoms with Crippen LogP contribution >= 0.6 is 23.5 Å². The smallest absolute Gasteiger partial charge is 0.326 e. The van der Waals surface area contributed by atoms with Crippen molar-refractivity contribution in [2.45, 2.75) is 53.1 Å². The second-order valence-electron chi connectivity index (χ2n) is 11.1. The summed E-state index contributed by atoms with van der Waals surface area (Å²) in [5, 5.41) is 8.47. The Kier molecular flexibility index (Phi) is 8.17. The van der Waals surface area contributed by atoms with Gasteiger partial charge in [-0.1, -0.05) is 67.6 Å². The zero-order valence-corrected chi connectivity index (χ0v) is 26.8. The minimum Gasteiger partial charge on any atom is -0.341 e. The van der Waals surface area contributed by atoms with Crippen LogP contribution in [0.4, 0.5) is 21.9 Å². The quantitative estimate of drug-likeness (QED) is 0.176. The highest BCUT2D eigenvalue weighted by molar-refractivity contribution is 8.00. The summed E-state index contributed by atoms with van der Waals surface area (Å²) in [5.74, 6) is -0.0406. The van der Waals surface area contributed by atoms with Gasteiger partial charge in [0.1, 0.15) is 0 Å². The van der Waals surface area contributed by atoms with Gasteiger partial charge in [0.25, 0.3) is 0 Å². The zero-order valence-electron chi connectivity index (χ0n) is 25.1. The molecule has 4 aromatic carbocycles. The van der Waals surface area contributed by atoms with Gasteiger partial charge in [0.05, 0.1) is 22.2 Å². The normalized spacial score (nSPS) is 17.6. The summed E-state index contributed by atoms with van der Waals surface area (Å²) in [7, 11) is 0. The van der Waals surface area contributed by atoms with Crippen LogP contribution in [0, 0.1) is 0 Å². The Morgan fingerprint density at radius 3 is 2.47 bits per heavy atom. The fourth-order valence-corrected chi connectivity index (χ4v) is 8.51. The van der Waals surface area contributed by atoms with Gasteiger partial charge in [-0.25, -0.2) is 4.79 Å². The Hall–Kier alpha value is -4.40. The van der Waals surface area contributed by atoms with E-state index in [9.17, 15) is 9.59 Å². The molecule has 0 bridgehead atoms. The van der Waals surface area contributed by atoms with Crippen LogP contribution in [0.1, 0.15) is 20.3 Å². The number of thioether (sulfide) groups is 2. The first-order valence-electron chi connectivity index (χ1n) is 15.3. The Bertz CT molecular complexity index is 1980. The third kappa shape index (κ3) is 5.64. The summed E-state index contributed by atoms with van der Waals surface area (Å²) in [4.78, 5) is 31.1. The number of benzene rings is 4. The topological polar surface area (TPSA) is 66.4 Å². The van der Waals surface area contributed by atoms with E-state index in [1.54, 1.807) is 11.8 Å². The number of allylic oxidation sites excluding steroid dienone is 2. The lowest BCUT2D eigenvalue weighted by molar-refractivity contribution is -0.115. The first-order valence-corrected chi connectivity index (χ1v) is 17.1. The van der Waals surface area contributed by atoms with E-state index in [1.807, 2.05) is 72.5 Å². The lowest BCUT2D eigenvalue weighted by atomic mass is 10.1. The van der Waals surface area contributed by atoms with Gasteiger partial charge in [0.2, 0.25) is 5.91 Å². The molecule has 1 aliphatic carbocycles. The van der Waals surface area contributed by atoms with Gasteiger partial charge in [-0.15, -0.1) is 23.5 Å². The number of hydrogen-bond acceptors (Lipinski definition) is 4. The summed E-state index contributed by atoms with van der Waals surface area (Å²) in [6.07, 6.45) is 8.95. The number of aromatic nitrogens is 1. The number of fused-ring (bicyclic) bond motifs is 5. The maximum absolute atomic E-state index is 13.8. The average molecular weight is 631 g/mol. The van der Waals surface area contributed by atoms with Crippen molar-refractivity contribution in [2.24, 2.45) is 0 Å². The van der Waals surface area contributed by atoms with Crippen LogP contribution in [0.25, 0.3) is 21.8 Å². The molecule has 2 aliphatic rings. The molecule has 45 heavy (non-hydrogen) atoms. The molecular formula is C37H34N4O2S2. The van der Waals surface area contributed by atoms with Crippen molar-refractivity contribution < 1.29 is 9.59 Å². The molecule has 226 valence electrons. The average Bonchev–Trinajstić information content (AvgIpc) is 3.39. The van der Waals surface area contributed by atoms with Crippen molar-refractivity contribution in [2.75, 3.05) is 15.5 Å².